The topological polar surface area (TPSA) is 6.48 Å². The van der Waals surface area contributed by atoms with Gasteiger partial charge in [-0.25, -0.2) is 0 Å². The molecule has 0 bridgehead atoms. The van der Waals surface area contributed by atoms with Crippen molar-refractivity contribution in [2.75, 3.05) is 9.80 Å². The van der Waals surface area contributed by atoms with Gasteiger partial charge in [0.2, 0.25) is 0 Å². The fourth-order valence-electron chi connectivity index (χ4n) is 13.1. The van der Waals surface area contributed by atoms with Crippen LogP contribution in [-0.2, 0) is 12.8 Å². The zero-order valence-corrected chi connectivity index (χ0v) is 41.4. The van der Waals surface area contributed by atoms with Crippen LogP contribution in [0.5, 0.6) is 0 Å². The summed E-state index contributed by atoms with van der Waals surface area (Å²) in [5, 5.41) is 2.90. The van der Waals surface area contributed by atoms with Gasteiger partial charge >= 0.3 is 0 Å². The van der Waals surface area contributed by atoms with Gasteiger partial charge in [-0.3, -0.25) is 0 Å². The van der Waals surface area contributed by atoms with E-state index in [0.29, 0.717) is 23.7 Å². The van der Waals surface area contributed by atoms with Gasteiger partial charge in [-0.05, 0) is 166 Å². The molecule has 2 nitrogen and oxygen atoms in total. The van der Waals surface area contributed by atoms with Crippen molar-refractivity contribution in [3.05, 3.63) is 206 Å². The largest absolute Gasteiger partial charge is 0.333 e. The minimum absolute atomic E-state index is 0.148. The second kappa shape index (κ2) is 16.7. The zero-order chi connectivity index (χ0) is 46.4. The maximum atomic E-state index is 2.84. The molecular weight excluding hydrogens is 809 g/mol. The molecule has 0 spiro atoms. The van der Waals surface area contributed by atoms with Gasteiger partial charge in [0.25, 0.3) is 0 Å². The standard InChI is InChI=1S/C65H66N2/c1-38(2)56-36-58(66(62-40(5)19-17-20-41(62)6)63-43(8)27-29-50(44(63)9)46-22-13-11-14-23-46)54-33-31-53-57(39(3)4)37-59(55-34-32-52(56)60(54)61(53)55)67-64-42(7)21-18-26-48(64)35-49-28-30-51(45(10)65(49)67)47-24-15-12-16-25-47/h11-19,21-31,33,36-39,41,55,59H,20,32,34-35H2,1-10H3. The summed E-state index contributed by atoms with van der Waals surface area (Å²) in [4.78, 5) is 5.59. The molecule has 7 aromatic rings. The summed E-state index contributed by atoms with van der Waals surface area (Å²) >= 11 is 0. The first-order chi connectivity index (χ1) is 32.4. The van der Waals surface area contributed by atoms with E-state index in [1.54, 1.807) is 11.1 Å². The Balaban J connectivity index is 1.20. The molecule has 7 aromatic carbocycles. The fourth-order valence-corrected chi connectivity index (χ4v) is 13.1. The van der Waals surface area contributed by atoms with E-state index in [2.05, 4.69) is 219 Å². The van der Waals surface area contributed by atoms with E-state index >= 15 is 0 Å². The lowest BCUT2D eigenvalue weighted by molar-refractivity contribution is 0.534. The summed E-state index contributed by atoms with van der Waals surface area (Å²) in [6.45, 7) is 23.9. The monoisotopic (exact) mass is 875 g/mol. The molecule has 11 rings (SSSR count). The highest BCUT2D eigenvalue weighted by atomic mass is 15.2. The van der Waals surface area contributed by atoms with Crippen LogP contribution in [-0.4, -0.2) is 6.04 Å². The summed E-state index contributed by atoms with van der Waals surface area (Å²) in [7, 11) is 0. The van der Waals surface area contributed by atoms with E-state index in [0.717, 1.165) is 25.7 Å². The average Bonchev–Trinajstić information content (AvgIpc) is 3.32. The second-order valence-corrected chi connectivity index (χ2v) is 20.9. The summed E-state index contributed by atoms with van der Waals surface area (Å²) in [5.41, 5.74) is 29.2. The molecule has 1 heterocycles. The Bertz CT molecular complexity index is 3210. The van der Waals surface area contributed by atoms with Crippen LogP contribution in [0, 0.1) is 39.5 Å². The lowest BCUT2D eigenvalue weighted by Crippen LogP contribution is -2.42. The normalized spacial score (nSPS) is 18.4. The zero-order valence-electron chi connectivity index (χ0n) is 41.4. The summed E-state index contributed by atoms with van der Waals surface area (Å²) in [6.07, 6.45) is 11.6. The molecule has 0 aromatic heterocycles. The maximum Gasteiger partial charge on any atom is 0.0597 e. The Morgan fingerprint density at radius 3 is 2.00 bits per heavy atom. The number of nitrogens with zero attached hydrogens (tertiary/aromatic N) is 2. The van der Waals surface area contributed by atoms with Crippen LogP contribution in [0.25, 0.3) is 38.6 Å². The van der Waals surface area contributed by atoms with Crippen LogP contribution in [0.4, 0.5) is 22.7 Å². The van der Waals surface area contributed by atoms with Gasteiger partial charge in [-0.15, -0.1) is 0 Å². The molecule has 0 saturated heterocycles. The van der Waals surface area contributed by atoms with Crippen LogP contribution in [0.15, 0.2) is 151 Å². The quantitative estimate of drug-likeness (QED) is 0.150. The van der Waals surface area contributed by atoms with Crippen molar-refractivity contribution in [3.63, 3.8) is 0 Å². The Morgan fingerprint density at radius 2 is 1.31 bits per heavy atom. The van der Waals surface area contributed by atoms with Crippen LogP contribution >= 0.6 is 0 Å². The minimum Gasteiger partial charge on any atom is -0.333 e. The fraction of sp³-hybridized carbons (Fsp3) is 0.292. The molecule has 0 N–H and O–H groups in total. The van der Waals surface area contributed by atoms with E-state index in [9.17, 15) is 0 Å². The summed E-state index contributed by atoms with van der Waals surface area (Å²) in [5.74, 6) is 1.38. The lowest BCUT2D eigenvalue weighted by atomic mass is 9.67. The Labute approximate surface area is 400 Å². The van der Waals surface area contributed by atoms with Crippen LogP contribution in [0.1, 0.15) is 122 Å². The first-order valence-electron chi connectivity index (χ1n) is 25.2. The molecular formula is C65H66N2. The van der Waals surface area contributed by atoms with E-state index in [4.69, 9.17) is 0 Å². The minimum atomic E-state index is 0.148. The molecule has 3 unspecified atom stereocenters. The van der Waals surface area contributed by atoms with Gasteiger partial charge in [0, 0.05) is 40.7 Å². The molecule has 4 aliphatic rings. The maximum absolute atomic E-state index is 2.84. The molecule has 3 aliphatic carbocycles. The number of aryl methyl sites for hydroxylation is 3. The third kappa shape index (κ3) is 6.88. The SMILES string of the molecule is CC1=C(N(c2c(C)ccc(-c3ccccc3)c2C)c2cc(C(C)C)c3c4c5c(ccc24)C(C(C)C)=CC(N2c4c(C)cccc4Cc4ccc(-c6ccccc6)c(C)c42)C5CC3)C(C)CC=C1. The number of rotatable bonds is 8. The van der Waals surface area contributed by atoms with Crippen molar-refractivity contribution in [1.82, 2.24) is 0 Å². The molecule has 0 saturated carbocycles. The van der Waals surface area contributed by atoms with Crippen molar-refractivity contribution in [2.24, 2.45) is 11.8 Å². The number of hydrogen-bond donors (Lipinski definition) is 0. The third-order valence-electron chi connectivity index (χ3n) is 16.1. The van der Waals surface area contributed by atoms with Gasteiger partial charge in [0.1, 0.15) is 0 Å². The smallest absolute Gasteiger partial charge is 0.0597 e. The molecule has 67 heavy (non-hydrogen) atoms. The molecule has 0 radical (unpaired) electrons. The Morgan fingerprint density at radius 1 is 0.642 bits per heavy atom. The van der Waals surface area contributed by atoms with Gasteiger partial charge in [-0.1, -0.05) is 168 Å². The van der Waals surface area contributed by atoms with Gasteiger partial charge in [0.05, 0.1) is 17.4 Å². The van der Waals surface area contributed by atoms with Crippen molar-refractivity contribution in [1.29, 1.82) is 0 Å². The molecule has 1 aliphatic heterocycles. The number of allylic oxidation sites excluding steroid dienone is 5. The Hall–Kier alpha value is -6.38. The number of benzene rings is 7. The lowest BCUT2D eigenvalue weighted by Gasteiger charge is -2.48. The number of hydrogen-bond acceptors (Lipinski definition) is 2. The highest BCUT2D eigenvalue weighted by Crippen LogP contribution is 2.57. The summed E-state index contributed by atoms with van der Waals surface area (Å²) in [6, 6.07) is 46.4. The van der Waals surface area contributed by atoms with Crippen molar-refractivity contribution < 1.29 is 0 Å². The van der Waals surface area contributed by atoms with Crippen molar-refractivity contribution in [2.45, 2.75) is 113 Å². The molecule has 2 heteroatoms. The van der Waals surface area contributed by atoms with Crippen LogP contribution < -0.4 is 9.80 Å². The van der Waals surface area contributed by atoms with Crippen LogP contribution in [0.3, 0.4) is 0 Å². The summed E-state index contributed by atoms with van der Waals surface area (Å²) < 4.78 is 0. The van der Waals surface area contributed by atoms with Crippen molar-refractivity contribution >= 4 is 39.1 Å². The number of fused-ring (bicyclic) bond motifs is 2. The predicted octanol–water partition coefficient (Wildman–Crippen LogP) is 17.7. The van der Waals surface area contributed by atoms with E-state index in [-0.39, 0.29) is 6.04 Å². The van der Waals surface area contributed by atoms with Gasteiger partial charge in [-0.2, -0.15) is 0 Å². The highest BCUT2D eigenvalue weighted by molar-refractivity contribution is 6.06. The first kappa shape index (κ1) is 43.2. The van der Waals surface area contributed by atoms with E-state index in [1.165, 1.54) is 117 Å². The number of para-hydroxylation sites is 1. The average molecular weight is 875 g/mol. The van der Waals surface area contributed by atoms with Gasteiger partial charge in [0.15, 0.2) is 0 Å². The first-order valence-corrected chi connectivity index (χ1v) is 25.2. The number of anilines is 4. The molecule has 3 atom stereocenters. The highest BCUT2D eigenvalue weighted by Gasteiger charge is 2.43. The Kier molecular flexibility index (Phi) is 10.8. The van der Waals surface area contributed by atoms with E-state index < -0.39 is 0 Å². The van der Waals surface area contributed by atoms with Gasteiger partial charge < -0.3 is 9.80 Å². The van der Waals surface area contributed by atoms with E-state index in [1.807, 2.05) is 0 Å². The second-order valence-electron chi connectivity index (χ2n) is 20.9. The van der Waals surface area contributed by atoms with Crippen molar-refractivity contribution in [3.8, 4) is 22.3 Å². The molecule has 0 amide bonds. The third-order valence-corrected chi connectivity index (χ3v) is 16.1. The van der Waals surface area contributed by atoms with Crippen LogP contribution in [0.2, 0.25) is 0 Å². The molecule has 336 valence electrons. The predicted molar refractivity (Wildman–Crippen MR) is 288 cm³/mol. The molecule has 0 fully saturated rings.